The number of aryl methyl sites for hydroxylation is 2. The average Bonchev–Trinajstić information content (AvgIpc) is 2.96. The summed E-state index contributed by atoms with van der Waals surface area (Å²) in [6, 6.07) is 12.5. The molecule has 1 saturated heterocycles. The third kappa shape index (κ3) is 3.02. The number of para-hydroxylation sites is 1. The van der Waals surface area contributed by atoms with Crippen molar-refractivity contribution >= 4 is 22.9 Å². The molecule has 1 aromatic carbocycles. The molecule has 1 aliphatic heterocycles. The summed E-state index contributed by atoms with van der Waals surface area (Å²) in [5, 5.41) is 0. The van der Waals surface area contributed by atoms with E-state index >= 15 is 0 Å². The first-order valence-corrected chi connectivity index (χ1v) is 8.69. The van der Waals surface area contributed by atoms with Crippen molar-refractivity contribution in [3.05, 3.63) is 51.7 Å². The highest BCUT2D eigenvalue weighted by molar-refractivity contribution is 7.14. The normalized spacial score (nSPS) is 15.2. The van der Waals surface area contributed by atoms with Crippen LogP contribution >= 0.6 is 11.3 Å². The summed E-state index contributed by atoms with van der Waals surface area (Å²) in [5.41, 5.74) is 2.55. The number of amides is 1. The number of benzene rings is 1. The highest BCUT2D eigenvalue weighted by Gasteiger charge is 2.23. The first-order valence-electron chi connectivity index (χ1n) is 7.87. The predicted molar refractivity (Wildman–Crippen MR) is 93.0 cm³/mol. The second kappa shape index (κ2) is 6.53. The fraction of sp³-hybridized carbons (Fsp3) is 0.389. The largest absolute Gasteiger partial charge is 0.368 e. The lowest BCUT2D eigenvalue weighted by atomic mass is 10.2. The van der Waals surface area contributed by atoms with Crippen LogP contribution in [-0.4, -0.2) is 37.0 Å². The van der Waals surface area contributed by atoms with Crippen LogP contribution in [0.1, 0.15) is 27.0 Å². The lowest BCUT2D eigenvalue weighted by molar-refractivity contribution is 0.0751. The van der Waals surface area contributed by atoms with Crippen molar-refractivity contribution in [2.24, 2.45) is 0 Å². The summed E-state index contributed by atoms with van der Waals surface area (Å²) in [7, 11) is 0. The number of carbonyl (C=O) groups excluding carboxylic acids is 1. The van der Waals surface area contributed by atoms with E-state index in [1.807, 2.05) is 11.0 Å². The van der Waals surface area contributed by atoms with Crippen molar-refractivity contribution in [1.82, 2.24) is 4.90 Å². The maximum atomic E-state index is 12.6. The van der Waals surface area contributed by atoms with Gasteiger partial charge in [0, 0.05) is 36.7 Å². The average molecular weight is 314 g/mol. The highest BCUT2D eigenvalue weighted by atomic mass is 32.1. The minimum absolute atomic E-state index is 0.195. The van der Waals surface area contributed by atoms with Gasteiger partial charge in [-0.3, -0.25) is 4.79 Å². The molecule has 116 valence electrons. The van der Waals surface area contributed by atoms with Crippen LogP contribution in [0.4, 0.5) is 5.69 Å². The number of thiophene rings is 1. The number of hydrogen-bond donors (Lipinski definition) is 0. The molecule has 1 amide bonds. The Morgan fingerprint density at radius 2 is 1.82 bits per heavy atom. The molecular formula is C18H22N2OS. The van der Waals surface area contributed by atoms with E-state index < -0.39 is 0 Å². The molecule has 4 heteroatoms. The van der Waals surface area contributed by atoms with E-state index in [1.54, 1.807) is 11.3 Å². The third-order valence-electron chi connectivity index (χ3n) is 4.30. The van der Waals surface area contributed by atoms with E-state index in [4.69, 9.17) is 0 Å². The van der Waals surface area contributed by atoms with Gasteiger partial charge in [-0.15, -0.1) is 11.3 Å². The topological polar surface area (TPSA) is 23.6 Å². The molecular weight excluding hydrogens is 292 g/mol. The SMILES string of the molecule is CCc1cc(C(=O)N2CCN(c3ccccc3)CC2)sc1C. The summed E-state index contributed by atoms with van der Waals surface area (Å²) >= 11 is 1.63. The second-order valence-electron chi connectivity index (χ2n) is 5.66. The van der Waals surface area contributed by atoms with Gasteiger partial charge in [0.1, 0.15) is 0 Å². The van der Waals surface area contributed by atoms with Gasteiger partial charge in [0.25, 0.3) is 5.91 Å². The summed E-state index contributed by atoms with van der Waals surface area (Å²) in [5.74, 6) is 0.195. The Balaban J connectivity index is 1.64. The fourth-order valence-corrected chi connectivity index (χ4v) is 4.02. The van der Waals surface area contributed by atoms with Crippen LogP contribution in [0.3, 0.4) is 0 Å². The number of hydrogen-bond acceptors (Lipinski definition) is 3. The van der Waals surface area contributed by atoms with E-state index in [9.17, 15) is 4.79 Å². The summed E-state index contributed by atoms with van der Waals surface area (Å²) in [6.45, 7) is 7.65. The number of anilines is 1. The van der Waals surface area contributed by atoms with Gasteiger partial charge in [-0.05, 0) is 37.1 Å². The summed E-state index contributed by atoms with van der Waals surface area (Å²) in [4.78, 5) is 19.1. The van der Waals surface area contributed by atoms with Gasteiger partial charge in [0.05, 0.1) is 4.88 Å². The predicted octanol–water partition coefficient (Wildman–Crippen LogP) is 3.58. The van der Waals surface area contributed by atoms with Gasteiger partial charge in [-0.25, -0.2) is 0 Å². The Kier molecular flexibility index (Phi) is 4.48. The Morgan fingerprint density at radius 3 is 2.41 bits per heavy atom. The van der Waals surface area contributed by atoms with Gasteiger partial charge in [-0.2, -0.15) is 0 Å². The Morgan fingerprint density at radius 1 is 1.14 bits per heavy atom. The molecule has 1 aliphatic rings. The Hall–Kier alpha value is -1.81. The lowest BCUT2D eigenvalue weighted by Crippen LogP contribution is -2.48. The molecule has 3 nitrogen and oxygen atoms in total. The molecule has 3 rings (SSSR count). The number of nitrogens with zero attached hydrogens (tertiary/aromatic N) is 2. The second-order valence-corrected chi connectivity index (χ2v) is 6.92. The van der Waals surface area contributed by atoms with Gasteiger partial charge < -0.3 is 9.80 Å². The van der Waals surface area contributed by atoms with Crippen molar-refractivity contribution in [1.29, 1.82) is 0 Å². The Labute approximate surface area is 136 Å². The minimum Gasteiger partial charge on any atom is -0.368 e. The van der Waals surface area contributed by atoms with Gasteiger partial charge in [-0.1, -0.05) is 25.1 Å². The number of carbonyl (C=O) groups is 1. The maximum Gasteiger partial charge on any atom is 0.264 e. The highest BCUT2D eigenvalue weighted by Crippen LogP contribution is 2.24. The van der Waals surface area contributed by atoms with Crippen molar-refractivity contribution in [2.75, 3.05) is 31.1 Å². The molecule has 1 aromatic heterocycles. The van der Waals surface area contributed by atoms with Gasteiger partial charge >= 0.3 is 0 Å². The van der Waals surface area contributed by atoms with Crippen LogP contribution < -0.4 is 4.90 Å². The third-order valence-corrected chi connectivity index (χ3v) is 5.38. The standard InChI is InChI=1S/C18H22N2OS/c1-3-15-13-17(22-14(15)2)18(21)20-11-9-19(10-12-20)16-7-5-4-6-8-16/h4-8,13H,3,9-12H2,1-2H3. The minimum atomic E-state index is 0.195. The molecule has 0 radical (unpaired) electrons. The molecule has 2 aromatic rings. The van der Waals surface area contributed by atoms with Gasteiger partial charge in [0.15, 0.2) is 0 Å². The van der Waals surface area contributed by atoms with Crippen LogP contribution in [0.15, 0.2) is 36.4 Å². The zero-order valence-corrected chi connectivity index (χ0v) is 14.0. The molecule has 0 spiro atoms. The fourth-order valence-electron chi connectivity index (χ4n) is 2.94. The van der Waals surface area contributed by atoms with Crippen LogP contribution in [0.5, 0.6) is 0 Å². The molecule has 0 saturated carbocycles. The number of rotatable bonds is 3. The van der Waals surface area contributed by atoms with Crippen molar-refractivity contribution in [2.45, 2.75) is 20.3 Å². The summed E-state index contributed by atoms with van der Waals surface area (Å²) in [6.07, 6.45) is 0.997. The van der Waals surface area contributed by atoms with Gasteiger partial charge in [0.2, 0.25) is 0 Å². The molecule has 2 heterocycles. The molecule has 0 unspecified atom stereocenters. The van der Waals surface area contributed by atoms with E-state index in [2.05, 4.69) is 49.1 Å². The van der Waals surface area contributed by atoms with Crippen LogP contribution in [0, 0.1) is 6.92 Å². The van der Waals surface area contributed by atoms with Crippen LogP contribution in [0.2, 0.25) is 0 Å². The zero-order chi connectivity index (χ0) is 15.5. The summed E-state index contributed by atoms with van der Waals surface area (Å²) < 4.78 is 0. The Bertz CT molecular complexity index is 642. The first kappa shape index (κ1) is 15.1. The quantitative estimate of drug-likeness (QED) is 0.864. The van der Waals surface area contributed by atoms with Crippen LogP contribution in [0.25, 0.3) is 0 Å². The molecule has 1 fully saturated rings. The zero-order valence-electron chi connectivity index (χ0n) is 13.2. The van der Waals surface area contributed by atoms with Crippen molar-refractivity contribution < 1.29 is 4.79 Å². The lowest BCUT2D eigenvalue weighted by Gasteiger charge is -2.36. The van der Waals surface area contributed by atoms with Crippen molar-refractivity contribution in [3.63, 3.8) is 0 Å². The molecule has 0 aliphatic carbocycles. The van der Waals surface area contributed by atoms with E-state index in [-0.39, 0.29) is 5.91 Å². The molecule has 0 N–H and O–H groups in total. The number of piperazine rings is 1. The molecule has 0 bridgehead atoms. The van der Waals surface area contributed by atoms with E-state index in [0.717, 1.165) is 37.5 Å². The van der Waals surface area contributed by atoms with Crippen molar-refractivity contribution in [3.8, 4) is 0 Å². The van der Waals surface area contributed by atoms with E-state index in [0.29, 0.717) is 0 Å². The van der Waals surface area contributed by atoms with Crippen LogP contribution in [-0.2, 0) is 6.42 Å². The monoisotopic (exact) mass is 314 g/mol. The molecule has 22 heavy (non-hydrogen) atoms. The van der Waals surface area contributed by atoms with E-state index in [1.165, 1.54) is 16.1 Å². The first-order chi connectivity index (χ1) is 10.7. The maximum absolute atomic E-state index is 12.6. The smallest absolute Gasteiger partial charge is 0.264 e. The molecule has 0 atom stereocenters.